The molecule has 40 heavy (non-hydrogen) atoms. The van der Waals surface area contributed by atoms with Crippen LogP contribution in [0.15, 0.2) is 89.8 Å². The minimum Gasteiger partial charge on any atom is -0.354 e. The fraction of sp³-hybridized carbons (Fsp3) is 0.355. The van der Waals surface area contributed by atoms with Gasteiger partial charge in [0.25, 0.3) is 0 Å². The number of hydrogen-bond donors (Lipinski definition) is 1. The quantitative estimate of drug-likeness (QED) is 0.246. The van der Waals surface area contributed by atoms with Gasteiger partial charge in [-0.2, -0.15) is 0 Å². The first-order valence-electron chi connectivity index (χ1n) is 13.6. The van der Waals surface area contributed by atoms with Crippen LogP contribution in [0.4, 0.5) is 0 Å². The van der Waals surface area contributed by atoms with E-state index in [-0.39, 0.29) is 36.2 Å². The molecule has 0 aliphatic rings. The molecule has 0 radical (unpaired) electrons. The Hall–Kier alpha value is -3.20. The Labute approximate surface area is 243 Å². The van der Waals surface area contributed by atoms with Crippen molar-refractivity contribution in [3.8, 4) is 0 Å². The summed E-state index contributed by atoms with van der Waals surface area (Å²) in [4.78, 5) is 29.0. The topological polar surface area (TPSA) is 86.8 Å². The average molecular weight is 584 g/mol. The molecule has 0 fully saturated rings. The lowest BCUT2D eigenvalue weighted by molar-refractivity contribution is -0.141. The molecule has 0 unspecified atom stereocenters. The first-order chi connectivity index (χ1) is 19.2. The molecule has 0 heterocycles. The average Bonchev–Trinajstić information content (AvgIpc) is 2.96. The molecule has 214 valence electrons. The van der Waals surface area contributed by atoms with E-state index in [1.54, 1.807) is 47.4 Å². The summed E-state index contributed by atoms with van der Waals surface area (Å²) in [5, 5.41) is 3.59. The first-order valence-corrected chi connectivity index (χ1v) is 15.4. The SMILES string of the molecule is CCCCNC(=O)[C@@H](Cc1ccccc1)N(Cc1ccc(Cl)cc1)C(=O)CCCN(C)S(=O)(=O)c1ccccc1. The standard InChI is InChI=1S/C31H38ClN3O4S/c1-3-4-21-33-31(37)29(23-25-12-7-5-8-13-25)35(24-26-17-19-27(32)20-18-26)30(36)16-11-22-34(2)40(38,39)28-14-9-6-10-15-28/h5-10,12-15,17-20,29H,3-4,11,16,21-24H2,1-2H3,(H,33,37)/t29-/m1/s1. The molecule has 0 saturated heterocycles. The summed E-state index contributed by atoms with van der Waals surface area (Å²) in [7, 11) is -2.15. The zero-order valence-corrected chi connectivity index (χ0v) is 24.7. The van der Waals surface area contributed by atoms with Crippen molar-refractivity contribution in [1.29, 1.82) is 0 Å². The van der Waals surface area contributed by atoms with E-state index in [2.05, 4.69) is 12.2 Å². The number of sulfonamides is 1. The molecular weight excluding hydrogens is 546 g/mol. The Balaban J connectivity index is 1.80. The monoisotopic (exact) mass is 583 g/mol. The summed E-state index contributed by atoms with van der Waals surface area (Å²) in [6.07, 6.45) is 2.55. The molecule has 1 N–H and O–H groups in total. The summed E-state index contributed by atoms with van der Waals surface area (Å²) in [5.74, 6) is -0.421. The number of rotatable bonds is 15. The van der Waals surface area contributed by atoms with Gasteiger partial charge < -0.3 is 10.2 Å². The highest BCUT2D eigenvalue weighted by molar-refractivity contribution is 7.89. The first kappa shape index (κ1) is 31.3. The van der Waals surface area contributed by atoms with E-state index in [0.29, 0.717) is 24.4 Å². The summed E-state index contributed by atoms with van der Waals surface area (Å²) in [6.45, 7) is 2.99. The largest absolute Gasteiger partial charge is 0.354 e. The number of carbonyl (C=O) groups is 2. The van der Waals surface area contributed by atoms with E-state index in [1.165, 1.54) is 11.4 Å². The zero-order valence-electron chi connectivity index (χ0n) is 23.1. The minimum atomic E-state index is -3.66. The molecule has 3 rings (SSSR count). The van der Waals surface area contributed by atoms with Gasteiger partial charge in [0, 0.05) is 44.5 Å². The predicted octanol–water partition coefficient (Wildman–Crippen LogP) is 5.30. The van der Waals surface area contributed by atoms with Crippen LogP contribution in [0.3, 0.4) is 0 Å². The van der Waals surface area contributed by atoms with Crippen molar-refractivity contribution >= 4 is 33.4 Å². The molecule has 0 aliphatic carbocycles. The van der Waals surface area contributed by atoms with Gasteiger partial charge in [0.2, 0.25) is 21.8 Å². The molecule has 0 saturated carbocycles. The second kappa shape index (κ2) is 15.6. The lowest BCUT2D eigenvalue weighted by Gasteiger charge is -2.32. The fourth-order valence-electron chi connectivity index (χ4n) is 4.34. The van der Waals surface area contributed by atoms with Crippen LogP contribution in [0, 0.1) is 0 Å². The van der Waals surface area contributed by atoms with Crippen molar-refractivity contribution in [1.82, 2.24) is 14.5 Å². The van der Waals surface area contributed by atoms with Crippen LogP contribution in [0.5, 0.6) is 0 Å². The molecule has 2 amide bonds. The van der Waals surface area contributed by atoms with E-state index in [9.17, 15) is 18.0 Å². The number of hydrogen-bond acceptors (Lipinski definition) is 4. The molecular formula is C31H38ClN3O4S. The van der Waals surface area contributed by atoms with E-state index >= 15 is 0 Å². The van der Waals surface area contributed by atoms with Crippen LogP contribution < -0.4 is 5.32 Å². The molecule has 3 aromatic carbocycles. The summed E-state index contributed by atoms with van der Waals surface area (Å²) in [5.41, 5.74) is 1.79. The highest BCUT2D eigenvalue weighted by Gasteiger charge is 2.30. The maximum atomic E-state index is 13.7. The van der Waals surface area contributed by atoms with Crippen LogP contribution in [-0.4, -0.2) is 55.6 Å². The molecule has 9 heteroatoms. The van der Waals surface area contributed by atoms with Crippen molar-refractivity contribution < 1.29 is 18.0 Å². The lowest BCUT2D eigenvalue weighted by Crippen LogP contribution is -2.50. The van der Waals surface area contributed by atoms with Crippen LogP contribution in [0.1, 0.15) is 43.7 Å². The Morgan fingerprint density at radius 2 is 1.50 bits per heavy atom. The number of amides is 2. The van der Waals surface area contributed by atoms with Gasteiger partial charge in [0.15, 0.2) is 0 Å². The number of nitrogens with one attached hydrogen (secondary N) is 1. The summed E-state index contributed by atoms with van der Waals surface area (Å²) >= 11 is 6.08. The maximum absolute atomic E-state index is 13.7. The number of unbranched alkanes of at least 4 members (excludes halogenated alkanes) is 1. The second-order valence-electron chi connectivity index (χ2n) is 9.74. The molecule has 0 spiro atoms. The third kappa shape index (κ3) is 9.18. The van der Waals surface area contributed by atoms with E-state index in [0.717, 1.165) is 24.0 Å². The van der Waals surface area contributed by atoms with Gasteiger partial charge in [-0.25, -0.2) is 12.7 Å². The van der Waals surface area contributed by atoms with Gasteiger partial charge in [-0.1, -0.05) is 85.6 Å². The Morgan fingerprint density at radius 1 is 0.875 bits per heavy atom. The van der Waals surface area contributed by atoms with Gasteiger partial charge in [-0.15, -0.1) is 0 Å². The Kier molecular flexibility index (Phi) is 12.2. The summed E-state index contributed by atoms with van der Waals surface area (Å²) < 4.78 is 27.1. The highest BCUT2D eigenvalue weighted by Crippen LogP contribution is 2.19. The van der Waals surface area contributed by atoms with Gasteiger partial charge in [0.05, 0.1) is 4.90 Å². The van der Waals surface area contributed by atoms with Crippen molar-refractivity contribution in [3.05, 3.63) is 101 Å². The van der Waals surface area contributed by atoms with Crippen molar-refractivity contribution in [2.75, 3.05) is 20.1 Å². The lowest BCUT2D eigenvalue weighted by atomic mass is 10.0. The Bertz CT molecular complexity index is 1320. The molecule has 7 nitrogen and oxygen atoms in total. The van der Waals surface area contributed by atoms with Crippen molar-refractivity contribution in [2.24, 2.45) is 0 Å². The van der Waals surface area contributed by atoms with Gasteiger partial charge >= 0.3 is 0 Å². The summed E-state index contributed by atoms with van der Waals surface area (Å²) in [6, 6.07) is 24.3. The fourth-order valence-corrected chi connectivity index (χ4v) is 5.69. The highest BCUT2D eigenvalue weighted by atomic mass is 35.5. The molecule has 0 aromatic heterocycles. The van der Waals surface area contributed by atoms with Gasteiger partial charge in [0.1, 0.15) is 6.04 Å². The smallest absolute Gasteiger partial charge is 0.243 e. The molecule has 3 aromatic rings. The molecule has 1 atom stereocenters. The number of carbonyl (C=O) groups excluding carboxylic acids is 2. The van der Waals surface area contributed by atoms with Crippen LogP contribution in [0.25, 0.3) is 0 Å². The third-order valence-electron chi connectivity index (χ3n) is 6.68. The number of benzene rings is 3. The van der Waals surface area contributed by atoms with Gasteiger partial charge in [-0.3, -0.25) is 9.59 Å². The third-order valence-corrected chi connectivity index (χ3v) is 8.80. The maximum Gasteiger partial charge on any atom is 0.243 e. The molecule has 0 aliphatic heterocycles. The van der Waals surface area contributed by atoms with E-state index in [4.69, 9.17) is 11.6 Å². The Morgan fingerprint density at radius 3 is 2.12 bits per heavy atom. The van der Waals surface area contributed by atoms with Crippen molar-refractivity contribution in [2.45, 2.75) is 56.5 Å². The van der Waals surface area contributed by atoms with E-state index in [1.807, 2.05) is 42.5 Å². The van der Waals surface area contributed by atoms with Crippen molar-refractivity contribution in [3.63, 3.8) is 0 Å². The number of halogens is 1. The zero-order chi connectivity index (χ0) is 29.0. The predicted molar refractivity (Wildman–Crippen MR) is 159 cm³/mol. The second-order valence-corrected chi connectivity index (χ2v) is 12.2. The normalized spacial score (nSPS) is 12.2. The van der Waals surface area contributed by atoms with Gasteiger partial charge in [-0.05, 0) is 48.2 Å². The van der Waals surface area contributed by atoms with Crippen LogP contribution in [0.2, 0.25) is 5.02 Å². The minimum absolute atomic E-state index is 0.0930. The van der Waals surface area contributed by atoms with Crippen LogP contribution in [-0.2, 0) is 32.6 Å². The van der Waals surface area contributed by atoms with E-state index < -0.39 is 16.1 Å². The number of nitrogens with zero attached hydrogens (tertiary/aromatic N) is 2. The molecule has 0 bridgehead atoms. The van der Waals surface area contributed by atoms with Crippen LogP contribution >= 0.6 is 11.6 Å².